The van der Waals surface area contributed by atoms with Crippen LogP contribution in [0, 0.1) is 0 Å². The van der Waals surface area contributed by atoms with Crippen molar-refractivity contribution in [3.05, 3.63) is 97.0 Å². The van der Waals surface area contributed by atoms with Crippen molar-refractivity contribution >= 4 is 34.4 Å². The number of nitrogens with one attached hydrogen (secondary N) is 3. The van der Waals surface area contributed by atoms with E-state index in [0.717, 1.165) is 192 Å². The van der Waals surface area contributed by atoms with Crippen LogP contribution >= 0.6 is 0 Å². The first-order valence-electron chi connectivity index (χ1n) is 37.2. The normalized spacial score (nSPS) is 23.7. The fourth-order valence-electron chi connectivity index (χ4n) is 15.7. The van der Waals surface area contributed by atoms with Gasteiger partial charge in [0.05, 0.1) is 111 Å². The molecule has 11 heterocycles. The maximum absolute atomic E-state index is 10.1. The Bertz CT molecular complexity index is 3900. The van der Waals surface area contributed by atoms with Gasteiger partial charge in [-0.3, -0.25) is 9.36 Å². The summed E-state index contributed by atoms with van der Waals surface area (Å²) in [6.45, 7) is 11.1. The number of hydrogen-bond donors (Lipinski definition) is 6. The molecule has 101 heavy (non-hydrogen) atoms. The van der Waals surface area contributed by atoms with E-state index in [9.17, 15) is 15.3 Å². The standard InChI is InChI=1S/C27H37N5O3.2C24H34N6O3/c1-18(17-34-2)30-27-29-16-25-23(15-24(32(25)31-27)19-8-10-21(33)11-9-19)20-12-13-28-26(14-20)35-22-6-4-3-5-7-22;2*1-16(15-32-2)27-24-25-12-23-21(18-11-26-29(13-18)14-20-4-3-9-33-20)10-22(30(23)28-24)17-5-7-19(31)8-6-17/h12-16,18-19,21-22,33H,3-11,17H2,1-2H3,(H,30,31);2*10-13,16-17,19-20,31H,3-9,14-15H2,1-2H3,(H,27,28)/t18-,19?,21?;2*16-,17?,19?,20?/m000/s1. The molecule has 2 unspecified atom stereocenters. The van der Waals surface area contributed by atoms with Crippen LogP contribution in [0.2, 0.25) is 0 Å². The van der Waals surface area contributed by atoms with E-state index >= 15 is 0 Å². The average molecular weight is 1390 g/mol. The van der Waals surface area contributed by atoms with Crippen LogP contribution in [-0.2, 0) is 36.8 Å². The number of hydrogen-bond acceptors (Lipinski definition) is 21. The Morgan fingerprint density at radius 2 is 0.842 bits per heavy atom. The van der Waals surface area contributed by atoms with Crippen molar-refractivity contribution in [3.8, 4) is 39.3 Å². The first-order chi connectivity index (χ1) is 49.3. The van der Waals surface area contributed by atoms with Gasteiger partial charge >= 0.3 is 0 Å². The van der Waals surface area contributed by atoms with E-state index in [1.54, 1.807) is 21.3 Å². The lowest BCUT2D eigenvalue weighted by molar-refractivity contribution is 0.0938. The topological polar surface area (TPSA) is 291 Å². The molecule has 0 bridgehead atoms. The van der Waals surface area contributed by atoms with Gasteiger partial charge in [-0.25, -0.2) is 33.5 Å². The van der Waals surface area contributed by atoms with Gasteiger partial charge in [0.2, 0.25) is 23.7 Å². The zero-order valence-electron chi connectivity index (χ0n) is 59.8. The quantitative estimate of drug-likeness (QED) is 0.0328. The summed E-state index contributed by atoms with van der Waals surface area (Å²) in [4.78, 5) is 18.3. The van der Waals surface area contributed by atoms with Gasteiger partial charge in [-0.05, 0) is 179 Å². The van der Waals surface area contributed by atoms with Crippen molar-refractivity contribution in [2.75, 3.05) is 70.3 Å². The summed E-state index contributed by atoms with van der Waals surface area (Å²) in [6, 6.07) is 11.1. The molecule has 15 rings (SSSR count). The summed E-state index contributed by atoms with van der Waals surface area (Å²) in [5, 5.41) is 63.9. The Morgan fingerprint density at radius 3 is 1.21 bits per heavy atom. The minimum Gasteiger partial charge on any atom is -0.474 e. The molecule has 6 fully saturated rings. The summed E-state index contributed by atoms with van der Waals surface area (Å²) in [5.74, 6) is 3.49. The van der Waals surface area contributed by atoms with Crippen molar-refractivity contribution in [3.63, 3.8) is 0 Å². The van der Waals surface area contributed by atoms with Crippen molar-refractivity contribution in [1.82, 2.24) is 68.3 Å². The number of anilines is 3. The van der Waals surface area contributed by atoms with E-state index in [-0.39, 0.29) is 54.7 Å². The van der Waals surface area contributed by atoms with E-state index in [0.29, 0.717) is 61.3 Å². The van der Waals surface area contributed by atoms with Crippen LogP contribution in [0.5, 0.6) is 5.88 Å². The summed E-state index contributed by atoms with van der Waals surface area (Å²) >= 11 is 0. The molecular formula is C75H105N17O9. The number of methoxy groups -OCH3 is 3. The lowest BCUT2D eigenvalue weighted by Crippen LogP contribution is -2.23. The predicted octanol–water partition coefficient (Wildman–Crippen LogP) is 11.4. The van der Waals surface area contributed by atoms with Crippen LogP contribution in [0.3, 0.4) is 0 Å². The Labute approximate surface area is 591 Å². The zero-order chi connectivity index (χ0) is 69.8. The highest BCUT2D eigenvalue weighted by Crippen LogP contribution is 2.42. The van der Waals surface area contributed by atoms with E-state index < -0.39 is 0 Å². The maximum atomic E-state index is 10.1. The molecule has 5 atom stereocenters. The Hall–Kier alpha value is -7.69. The molecule has 544 valence electrons. The van der Waals surface area contributed by atoms with Crippen LogP contribution < -0.4 is 20.7 Å². The Kier molecular flexibility index (Phi) is 24.2. The molecule has 0 spiro atoms. The predicted molar refractivity (Wildman–Crippen MR) is 387 cm³/mol. The fraction of sp³-hybridized carbons (Fsp3) is 0.613. The number of ether oxygens (including phenoxy) is 6. The third-order valence-electron chi connectivity index (χ3n) is 21.0. The largest absolute Gasteiger partial charge is 0.474 e. The van der Waals surface area contributed by atoms with Crippen LogP contribution in [0.4, 0.5) is 17.8 Å². The molecule has 2 aliphatic heterocycles. The number of aliphatic hydroxyl groups is 3. The monoisotopic (exact) mass is 1390 g/mol. The van der Waals surface area contributed by atoms with Gasteiger partial charge in [0.25, 0.3) is 0 Å². The summed E-state index contributed by atoms with van der Waals surface area (Å²) < 4.78 is 43.6. The third kappa shape index (κ3) is 18.0. The molecule has 4 aliphatic carbocycles. The zero-order valence-corrected chi connectivity index (χ0v) is 59.8. The summed E-state index contributed by atoms with van der Waals surface area (Å²) in [7, 11) is 5.07. The first-order valence-corrected chi connectivity index (χ1v) is 37.2. The second-order valence-corrected chi connectivity index (χ2v) is 29.0. The second-order valence-electron chi connectivity index (χ2n) is 29.0. The maximum Gasteiger partial charge on any atom is 0.241 e. The van der Waals surface area contributed by atoms with E-state index in [1.165, 1.54) is 36.3 Å². The van der Waals surface area contributed by atoms with Crippen LogP contribution in [0.25, 0.3) is 49.9 Å². The highest BCUT2D eigenvalue weighted by Gasteiger charge is 2.31. The first kappa shape index (κ1) is 71.7. The molecule has 6 N–H and O–H groups in total. The van der Waals surface area contributed by atoms with Gasteiger partial charge in [0.1, 0.15) is 6.10 Å². The number of rotatable bonds is 24. The Balaban J connectivity index is 0.000000136. The summed E-state index contributed by atoms with van der Waals surface area (Å²) in [6.07, 6.45) is 36.8. The number of aliphatic hydroxyl groups excluding tert-OH is 3. The lowest BCUT2D eigenvalue weighted by atomic mass is 9.85. The average Bonchev–Trinajstić information content (AvgIpc) is 1.64. The molecule has 0 amide bonds. The van der Waals surface area contributed by atoms with Gasteiger partial charge in [0.15, 0.2) is 0 Å². The molecule has 0 aromatic carbocycles. The van der Waals surface area contributed by atoms with Crippen LogP contribution in [0.15, 0.2) is 79.9 Å². The van der Waals surface area contributed by atoms with Crippen molar-refractivity contribution in [2.45, 2.75) is 241 Å². The van der Waals surface area contributed by atoms with Gasteiger partial charge in [0, 0.05) is 140 Å². The third-order valence-corrected chi connectivity index (χ3v) is 21.0. The van der Waals surface area contributed by atoms with Gasteiger partial charge in [-0.1, -0.05) is 6.42 Å². The SMILES string of the molecule is COC[C@H](C)Nc1ncc2c(-c3ccnc(OC4CCCCC4)c3)cc(C3CCC(O)CC3)n2n1.COC[C@H](C)Nc1ncc2c(-c3cnn(CC4CCCO4)c3)cc(C3CCC(O)CC3)n2n1.COC[C@H](C)Nc1ncc2c(-c3cnn(CC4CCCO4)c3)cc(C3CCC(O)CC3)n2n1. The molecule has 4 saturated carbocycles. The van der Waals surface area contributed by atoms with Crippen molar-refractivity contribution in [2.24, 2.45) is 0 Å². The highest BCUT2D eigenvalue weighted by molar-refractivity contribution is 5.83. The number of nitrogens with zero attached hydrogens (tertiary/aromatic N) is 14. The van der Waals surface area contributed by atoms with Crippen molar-refractivity contribution < 1.29 is 43.7 Å². The molecular weight excluding hydrogens is 1280 g/mol. The lowest BCUT2D eigenvalue weighted by Gasteiger charge is -2.25. The van der Waals surface area contributed by atoms with Gasteiger partial charge in [-0.15, -0.1) is 15.3 Å². The number of pyridine rings is 1. The Morgan fingerprint density at radius 1 is 0.455 bits per heavy atom. The van der Waals surface area contributed by atoms with Crippen LogP contribution in [-0.4, -0.2) is 193 Å². The fourth-order valence-corrected chi connectivity index (χ4v) is 15.7. The second kappa shape index (κ2) is 34.1. The summed E-state index contributed by atoms with van der Waals surface area (Å²) in [5.41, 5.74) is 12.8. The molecule has 9 aromatic heterocycles. The molecule has 26 nitrogen and oxygen atoms in total. The number of aromatic nitrogens is 14. The minimum absolute atomic E-state index is 0.0976. The van der Waals surface area contributed by atoms with Gasteiger partial charge in [-0.2, -0.15) is 10.2 Å². The minimum atomic E-state index is -0.196. The van der Waals surface area contributed by atoms with Crippen LogP contribution in [0.1, 0.15) is 190 Å². The molecule has 0 radical (unpaired) electrons. The molecule has 6 aliphatic rings. The molecule has 2 saturated heterocycles. The van der Waals surface area contributed by atoms with E-state index in [4.69, 9.17) is 43.7 Å². The van der Waals surface area contributed by atoms with Crippen molar-refractivity contribution in [1.29, 1.82) is 0 Å². The van der Waals surface area contributed by atoms with E-state index in [2.05, 4.69) is 76.7 Å². The molecule has 26 heteroatoms. The van der Waals surface area contributed by atoms with Gasteiger partial charge < -0.3 is 59.7 Å². The highest BCUT2D eigenvalue weighted by atomic mass is 16.5. The smallest absolute Gasteiger partial charge is 0.241 e. The van der Waals surface area contributed by atoms with E-state index in [1.807, 2.05) is 93.0 Å². The molecule has 9 aromatic rings. The number of fused-ring (bicyclic) bond motifs is 3.